The molecule has 4 nitrogen and oxygen atoms in total. The molecule has 0 aliphatic carbocycles. The van der Waals surface area contributed by atoms with Crippen LogP contribution >= 0.6 is 12.2 Å². The lowest BCUT2D eigenvalue weighted by Crippen LogP contribution is -2.52. The van der Waals surface area contributed by atoms with E-state index < -0.39 is 5.41 Å². The molecule has 21 heavy (non-hydrogen) atoms. The van der Waals surface area contributed by atoms with Crippen LogP contribution < -0.4 is 5.73 Å². The molecule has 1 saturated heterocycles. The van der Waals surface area contributed by atoms with Crippen LogP contribution in [0.4, 0.5) is 0 Å². The molecule has 2 N–H and O–H groups in total. The van der Waals surface area contributed by atoms with Gasteiger partial charge in [-0.25, -0.2) is 0 Å². The summed E-state index contributed by atoms with van der Waals surface area (Å²) in [6.07, 6.45) is 5.56. The molecular formula is C16H30N2O2S. The zero-order valence-electron chi connectivity index (χ0n) is 13.7. The molecule has 1 amide bonds. The monoisotopic (exact) mass is 314 g/mol. The standard InChI is InChI=1S/C16H30N2O2S/c1-4-9-16(10-5-2,14(17)21)15(19)18(6-3)12-13-8-7-11-20-13/h13H,4-12H2,1-3H3,(H2,17,21). The molecule has 1 atom stereocenters. The van der Waals surface area contributed by atoms with E-state index >= 15 is 0 Å². The minimum absolute atomic E-state index is 0.0942. The van der Waals surface area contributed by atoms with E-state index in [2.05, 4.69) is 13.8 Å². The summed E-state index contributed by atoms with van der Waals surface area (Å²) in [4.78, 5) is 15.3. The fourth-order valence-electron chi connectivity index (χ4n) is 3.24. The van der Waals surface area contributed by atoms with Crippen LogP contribution in [-0.4, -0.2) is 41.6 Å². The van der Waals surface area contributed by atoms with Crippen LogP contribution in [0.5, 0.6) is 0 Å². The van der Waals surface area contributed by atoms with Gasteiger partial charge in [0.1, 0.15) is 0 Å². The van der Waals surface area contributed by atoms with Gasteiger partial charge >= 0.3 is 0 Å². The molecule has 1 unspecified atom stereocenters. The SMILES string of the molecule is CCCC(CCC)(C(=O)N(CC)CC1CCCO1)C(N)=S. The highest BCUT2D eigenvalue weighted by molar-refractivity contribution is 7.80. The highest BCUT2D eigenvalue weighted by atomic mass is 32.1. The molecule has 0 saturated carbocycles. The Bertz CT molecular complexity index is 348. The van der Waals surface area contributed by atoms with Crippen molar-refractivity contribution in [3.05, 3.63) is 0 Å². The average Bonchev–Trinajstić information content (AvgIpc) is 2.96. The number of nitrogens with two attached hydrogens (primary N) is 1. The van der Waals surface area contributed by atoms with Crippen molar-refractivity contribution in [3.8, 4) is 0 Å². The minimum atomic E-state index is -0.673. The van der Waals surface area contributed by atoms with Gasteiger partial charge < -0.3 is 15.4 Å². The van der Waals surface area contributed by atoms with E-state index in [1.807, 2.05) is 11.8 Å². The Balaban J connectivity index is 2.91. The van der Waals surface area contributed by atoms with Gasteiger partial charge in [0.15, 0.2) is 0 Å². The first kappa shape index (κ1) is 18.4. The third-order valence-corrected chi connectivity index (χ3v) is 4.74. The molecule has 0 bridgehead atoms. The molecular weight excluding hydrogens is 284 g/mol. The van der Waals surface area contributed by atoms with Gasteiger partial charge in [-0.3, -0.25) is 4.79 Å². The van der Waals surface area contributed by atoms with Gasteiger partial charge in [-0.05, 0) is 32.6 Å². The predicted octanol–water partition coefficient (Wildman–Crippen LogP) is 2.89. The first-order valence-corrected chi connectivity index (χ1v) is 8.63. The number of hydrogen-bond donors (Lipinski definition) is 1. The number of likely N-dealkylation sites (N-methyl/N-ethyl adjacent to an activating group) is 1. The lowest BCUT2D eigenvalue weighted by Gasteiger charge is -2.37. The van der Waals surface area contributed by atoms with Gasteiger partial charge in [0.2, 0.25) is 5.91 Å². The molecule has 0 aromatic rings. The van der Waals surface area contributed by atoms with Crippen LogP contribution in [0, 0.1) is 5.41 Å². The second-order valence-electron chi connectivity index (χ2n) is 5.93. The Labute approximate surface area is 134 Å². The fourth-order valence-corrected chi connectivity index (χ4v) is 3.53. The normalized spacial score (nSPS) is 18.7. The molecule has 0 radical (unpaired) electrons. The van der Waals surface area contributed by atoms with Gasteiger partial charge in [-0.1, -0.05) is 38.9 Å². The topological polar surface area (TPSA) is 55.6 Å². The van der Waals surface area contributed by atoms with Gasteiger partial charge in [0, 0.05) is 19.7 Å². The largest absolute Gasteiger partial charge is 0.392 e. The Kier molecular flexibility index (Phi) is 7.60. The molecule has 0 aromatic carbocycles. The van der Waals surface area contributed by atoms with E-state index in [1.54, 1.807) is 0 Å². The fraction of sp³-hybridized carbons (Fsp3) is 0.875. The maximum absolute atomic E-state index is 13.1. The number of thiocarbonyl (C=S) groups is 1. The minimum Gasteiger partial charge on any atom is -0.392 e. The number of hydrogen-bond acceptors (Lipinski definition) is 3. The molecule has 0 aromatic heterocycles. The van der Waals surface area contributed by atoms with Gasteiger partial charge in [-0.2, -0.15) is 0 Å². The van der Waals surface area contributed by atoms with Crippen LogP contribution in [0.2, 0.25) is 0 Å². The maximum atomic E-state index is 13.1. The van der Waals surface area contributed by atoms with Crippen molar-refractivity contribution < 1.29 is 9.53 Å². The van der Waals surface area contributed by atoms with E-state index in [9.17, 15) is 4.79 Å². The van der Waals surface area contributed by atoms with E-state index in [1.165, 1.54) is 0 Å². The third-order valence-electron chi connectivity index (χ3n) is 4.35. The molecule has 0 spiro atoms. The van der Waals surface area contributed by atoms with Crippen molar-refractivity contribution in [1.29, 1.82) is 0 Å². The number of ether oxygens (including phenoxy) is 1. The number of amides is 1. The zero-order chi connectivity index (χ0) is 15.9. The molecule has 5 heteroatoms. The van der Waals surface area contributed by atoms with Crippen LogP contribution in [-0.2, 0) is 9.53 Å². The summed E-state index contributed by atoms with van der Waals surface area (Å²) < 4.78 is 5.67. The maximum Gasteiger partial charge on any atom is 0.235 e. The molecule has 1 aliphatic rings. The summed E-state index contributed by atoms with van der Waals surface area (Å²) in [7, 11) is 0. The summed E-state index contributed by atoms with van der Waals surface area (Å²) in [5, 5.41) is 0. The number of rotatable bonds is 9. The van der Waals surface area contributed by atoms with Gasteiger partial charge in [0.25, 0.3) is 0 Å². The van der Waals surface area contributed by atoms with Crippen molar-refractivity contribution in [2.24, 2.45) is 11.1 Å². The van der Waals surface area contributed by atoms with Gasteiger partial charge in [0.05, 0.1) is 16.5 Å². The smallest absolute Gasteiger partial charge is 0.235 e. The van der Waals surface area contributed by atoms with Crippen LogP contribution in [0.3, 0.4) is 0 Å². The first-order chi connectivity index (χ1) is 10.0. The van der Waals surface area contributed by atoms with Crippen LogP contribution in [0.1, 0.15) is 59.3 Å². The van der Waals surface area contributed by atoms with Gasteiger partial charge in [-0.15, -0.1) is 0 Å². The quantitative estimate of drug-likeness (QED) is 0.665. The third kappa shape index (κ3) is 4.39. The van der Waals surface area contributed by atoms with Crippen molar-refractivity contribution >= 4 is 23.1 Å². The lowest BCUT2D eigenvalue weighted by molar-refractivity contribution is -0.140. The predicted molar refractivity (Wildman–Crippen MR) is 90.3 cm³/mol. The van der Waals surface area contributed by atoms with Crippen LogP contribution in [0.25, 0.3) is 0 Å². The molecule has 1 heterocycles. The molecule has 1 rings (SSSR count). The van der Waals surface area contributed by atoms with E-state index in [0.29, 0.717) is 18.1 Å². The summed E-state index contributed by atoms with van der Waals surface area (Å²) in [6.45, 7) is 8.30. The highest BCUT2D eigenvalue weighted by Crippen LogP contribution is 2.33. The molecule has 122 valence electrons. The summed E-state index contributed by atoms with van der Waals surface area (Å²) in [5.74, 6) is 0.0942. The molecule has 1 aliphatic heterocycles. The first-order valence-electron chi connectivity index (χ1n) is 8.22. The van der Waals surface area contributed by atoms with E-state index in [0.717, 1.165) is 45.1 Å². The second-order valence-corrected chi connectivity index (χ2v) is 6.37. The number of carbonyl (C=O) groups is 1. The highest BCUT2D eigenvalue weighted by Gasteiger charge is 2.42. The van der Waals surface area contributed by atoms with E-state index in [4.69, 9.17) is 22.7 Å². The van der Waals surface area contributed by atoms with Crippen molar-refractivity contribution in [3.63, 3.8) is 0 Å². The Morgan fingerprint density at radius 3 is 2.33 bits per heavy atom. The van der Waals surface area contributed by atoms with Crippen molar-refractivity contribution in [2.45, 2.75) is 65.4 Å². The van der Waals surface area contributed by atoms with E-state index in [-0.39, 0.29) is 12.0 Å². The van der Waals surface area contributed by atoms with Crippen molar-refractivity contribution in [1.82, 2.24) is 4.90 Å². The zero-order valence-corrected chi connectivity index (χ0v) is 14.5. The lowest BCUT2D eigenvalue weighted by atomic mass is 9.77. The molecule has 1 fully saturated rings. The average molecular weight is 314 g/mol. The Morgan fingerprint density at radius 2 is 1.95 bits per heavy atom. The summed E-state index contributed by atoms with van der Waals surface area (Å²) >= 11 is 5.29. The summed E-state index contributed by atoms with van der Waals surface area (Å²) in [6, 6.07) is 0. The van der Waals surface area contributed by atoms with Crippen LogP contribution in [0.15, 0.2) is 0 Å². The Hall–Kier alpha value is -0.680. The Morgan fingerprint density at radius 1 is 1.33 bits per heavy atom. The number of nitrogens with zero attached hydrogens (tertiary/aromatic N) is 1. The number of carbonyl (C=O) groups excluding carboxylic acids is 1. The van der Waals surface area contributed by atoms with Crippen molar-refractivity contribution in [2.75, 3.05) is 19.7 Å². The second kappa shape index (κ2) is 8.69. The summed E-state index contributed by atoms with van der Waals surface area (Å²) in [5.41, 5.74) is 5.32.